The second kappa shape index (κ2) is 6.71. The van der Waals surface area contributed by atoms with Crippen LogP contribution in [0.25, 0.3) is 0 Å². The second-order valence-corrected chi connectivity index (χ2v) is 6.75. The van der Waals surface area contributed by atoms with Crippen molar-refractivity contribution in [3.05, 3.63) is 34.3 Å². The first-order chi connectivity index (χ1) is 9.95. The van der Waals surface area contributed by atoms with Gasteiger partial charge in [0.25, 0.3) is 5.91 Å². The van der Waals surface area contributed by atoms with Crippen LogP contribution in [0.4, 0.5) is 0 Å². The maximum Gasteiger partial charge on any atom is 0.327 e. The van der Waals surface area contributed by atoms with Crippen LogP contribution in [-0.4, -0.2) is 39.1 Å². The number of carbonyl (C=O) groups is 2. The Morgan fingerprint density at radius 1 is 1.48 bits per heavy atom. The van der Waals surface area contributed by atoms with Gasteiger partial charge in [-0.15, -0.1) is 11.8 Å². The Bertz CT molecular complexity index is 564. The highest BCUT2D eigenvalue weighted by molar-refractivity contribution is 8.00. The van der Waals surface area contributed by atoms with Gasteiger partial charge in [0.15, 0.2) is 0 Å². The van der Waals surface area contributed by atoms with Gasteiger partial charge in [0.1, 0.15) is 6.04 Å². The molecule has 0 saturated carbocycles. The summed E-state index contributed by atoms with van der Waals surface area (Å²) in [5.41, 5.74) is 1.29. The highest BCUT2D eigenvalue weighted by Crippen LogP contribution is 2.34. The monoisotopic (exact) mass is 327 g/mol. The van der Waals surface area contributed by atoms with E-state index in [1.807, 2.05) is 13.8 Å². The van der Waals surface area contributed by atoms with E-state index in [4.69, 9.17) is 11.6 Å². The molecular formula is C15H18ClNO3S. The van der Waals surface area contributed by atoms with Gasteiger partial charge in [-0.1, -0.05) is 31.0 Å². The van der Waals surface area contributed by atoms with E-state index < -0.39 is 12.0 Å². The third kappa shape index (κ3) is 3.35. The summed E-state index contributed by atoms with van der Waals surface area (Å²) >= 11 is 7.51. The Labute approximate surface area is 133 Å². The molecule has 1 aliphatic rings. The zero-order chi connectivity index (χ0) is 15.6. The SMILES string of the molecule is CCCC1SCC(C(=O)O)N1C(=O)c1cc(Cl)ccc1C. The number of benzene rings is 1. The van der Waals surface area contributed by atoms with Gasteiger partial charge in [0.05, 0.1) is 5.37 Å². The summed E-state index contributed by atoms with van der Waals surface area (Å²) in [5, 5.41) is 9.76. The van der Waals surface area contributed by atoms with Crippen molar-refractivity contribution in [2.75, 3.05) is 5.75 Å². The van der Waals surface area contributed by atoms with Gasteiger partial charge in [-0.2, -0.15) is 0 Å². The van der Waals surface area contributed by atoms with Crippen LogP contribution in [0.3, 0.4) is 0 Å². The number of nitrogens with zero attached hydrogens (tertiary/aromatic N) is 1. The molecule has 2 unspecified atom stereocenters. The lowest BCUT2D eigenvalue weighted by Crippen LogP contribution is -2.45. The Morgan fingerprint density at radius 2 is 2.19 bits per heavy atom. The molecule has 1 heterocycles. The Morgan fingerprint density at radius 3 is 2.81 bits per heavy atom. The minimum Gasteiger partial charge on any atom is -0.480 e. The maximum atomic E-state index is 12.8. The van der Waals surface area contributed by atoms with Crippen LogP contribution in [0.2, 0.25) is 5.02 Å². The molecule has 1 aliphatic heterocycles. The summed E-state index contributed by atoms with van der Waals surface area (Å²) in [4.78, 5) is 25.7. The topological polar surface area (TPSA) is 57.6 Å². The van der Waals surface area contributed by atoms with Crippen LogP contribution in [0.15, 0.2) is 18.2 Å². The fourth-order valence-electron chi connectivity index (χ4n) is 2.46. The fraction of sp³-hybridized carbons (Fsp3) is 0.467. The van der Waals surface area contributed by atoms with Crippen LogP contribution in [-0.2, 0) is 4.79 Å². The van der Waals surface area contributed by atoms with Gasteiger partial charge < -0.3 is 10.0 Å². The summed E-state index contributed by atoms with van der Waals surface area (Å²) in [6.45, 7) is 3.86. The highest BCUT2D eigenvalue weighted by Gasteiger charge is 2.41. The zero-order valence-electron chi connectivity index (χ0n) is 12.0. The van der Waals surface area contributed by atoms with Crippen molar-refractivity contribution in [2.24, 2.45) is 0 Å². The van der Waals surface area contributed by atoms with E-state index in [1.54, 1.807) is 18.2 Å². The average Bonchev–Trinajstić information content (AvgIpc) is 2.85. The molecule has 0 bridgehead atoms. The smallest absolute Gasteiger partial charge is 0.327 e. The maximum absolute atomic E-state index is 12.8. The molecule has 0 aromatic heterocycles. The number of hydrogen-bond donors (Lipinski definition) is 1. The summed E-state index contributed by atoms with van der Waals surface area (Å²) in [6.07, 6.45) is 1.70. The quantitative estimate of drug-likeness (QED) is 0.920. The van der Waals surface area contributed by atoms with Crippen molar-refractivity contribution < 1.29 is 14.7 Å². The van der Waals surface area contributed by atoms with Crippen molar-refractivity contribution in [3.63, 3.8) is 0 Å². The van der Waals surface area contributed by atoms with Gasteiger partial charge >= 0.3 is 5.97 Å². The molecule has 1 aromatic carbocycles. The lowest BCUT2D eigenvalue weighted by molar-refractivity contribution is -0.141. The van der Waals surface area contributed by atoms with Gasteiger partial charge in [-0.25, -0.2) is 4.79 Å². The molecule has 0 spiro atoms. The minimum atomic E-state index is -0.950. The zero-order valence-corrected chi connectivity index (χ0v) is 13.6. The van der Waals surface area contributed by atoms with E-state index >= 15 is 0 Å². The number of carboxylic acids is 1. The third-order valence-corrected chi connectivity index (χ3v) is 5.17. The van der Waals surface area contributed by atoms with Crippen molar-refractivity contribution in [3.8, 4) is 0 Å². The van der Waals surface area contributed by atoms with Crippen LogP contribution in [0, 0.1) is 6.92 Å². The standard InChI is InChI=1S/C15H18ClNO3S/c1-3-4-13-17(12(8-21-13)15(19)20)14(18)11-7-10(16)6-5-9(11)2/h5-7,12-13H,3-4,8H2,1-2H3,(H,19,20). The van der Waals surface area contributed by atoms with Crippen molar-refractivity contribution in [2.45, 2.75) is 38.1 Å². The van der Waals surface area contributed by atoms with Crippen LogP contribution < -0.4 is 0 Å². The number of rotatable bonds is 4. The molecule has 1 fully saturated rings. The second-order valence-electron chi connectivity index (χ2n) is 5.10. The number of halogens is 1. The lowest BCUT2D eigenvalue weighted by Gasteiger charge is -2.28. The van der Waals surface area contributed by atoms with Crippen LogP contribution in [0.1, 0.15) is 35.7 Å². The van der Waals surface area contributed by atoms with Crippen LogP contribution >= 0.6 is 23.4 Å². The molecule has 1 saturated heterocycles. The van der Waals surface area contributed by atoms with Gasteiger partial charge in [-0.3, -0.25) is 4.79 Å². The average molecular weight is 328 g/mol. The molecule has 4 nitrogen and oxygen atoms in total. The third-order valence-electron chi connectivity index (χ3n) is 3.58. The first-order valence-corrected chi connectivity index (χ1v) is 8.31. The Hall–Kier alpha value is -1.20. The van der Waals surface area contributed by atoms with Gasteiger partial charge in [0, 0.05) is 16.3 Å². The minimum absolute atomic E-state index is 0.0815. The fourth-order valence-corrected chi connectivity index (χ4v) is 4.14. The summed E-state index contributed by atoms with van der Waals surface area (Å²) < 4.78 is 0. The number of thioether (sulfide) groups is 1. The van der Waals surface area contributed by atoms with E-state index in [2.05, 4.69) is 0 Å². The molecule has 114 valence electrons. The lowest BCUT2D eigenvalue weighted by atomic mass is 10.1. The summed E-state index contributed by atoms with van der Waals surface area (Å²) in [6, 6.07) is 4.36. The molecule has 6 heteroatoms. The number of amides is 1. The molecule has 0 radical (unpaired) electrons. The molecule has 1 aromatic rings. The van der Waals surface area contributed by atoms with E-state index in [0.29, 0.717) is 16.3 Å². The predicted molar refractivity (Wildman–Crippen MR) is 84.9 cm³/mol. The first-order valence-electron chi connectivity index (χ1n) is 6.89. The van der Waals surface area contributed by atoms with E-state index in [-0.39, 0.29) is 11.3 Å². The molecular weight excluding hydrogens is 310 g/mol. The number of carboxylic acid groups (broad SMARTS) is 1. The number of aryl methyl sites for hydroxylation is 1. The highest BCUT2D eigenvalue weighted by atomic mass is 35.5. The molecule has 21 heavy (non-hydrogen) atoms. The summed E-state index contributed by atoms with van der Waals surface area (Å²) in [7, 11) is 0. The van der Waals surface area contributed by atoms with Gasteiger partial charge in [0.2, 0.25) is 0 Å². The Kier molecular flexibility index (Phi) is 5.17. The van der Waals surface area contributed by atoms with E-state index in [9.17, 15) is 14.7 Å². The first kappa shape index (κ1) is 16.2. The molecule has 0 aliphatic carbocycles. The number of carbonyl (C=O) groups excluding carboxylic acids is 1. The van der Waals surface area contributed by atoms with Crippen molar-refractivity contribution in [1.29, 1.82) is 0 Å². The Balaban J connectivity index is 2.36. The molecule has 2 rings (SSSR count). The predicted octanol–water partition coefficient (Wildman–Crippen LogP) is 3.42. The molecule has 2 atom stereocenters. The van der Waals surface area contributed by atoms with Crippen molar-refractivity contribution >= 4 is 35.2 Å². The number of hydrogen-bond acceptors (Lipinski definition) is 3. The van der Waals surface area contributed by atoms with E-state index in [0.717, 1.165) is 18.4 Å². The molecule has 1 amide bonds. The van der Waals surface area contributed by atoms with E-state index in [1.165, 1.54) is 16.7 Å². The van der Waals surface area contributed by atoms with Gasteiger partial charge in [-0.05, 0) is 31.0 Å². The normalized spacial score (nSPS) is 21.6. The molecule has 1 N–H and O–H groups in total. The van der Waals surface area contributed by atoms with Crippen LogP contribution in [0.5, 0.6) is 0 Å². The summed E-state index contributed by atoms with van der Waals surface area (Å²) in [5.74, 6) is -0.759. The number of aliphatic carboxylic acids is 1. The largest absolute Gasteiger partial charge is 0.480 e. The van der Waals surface area contributed by atoms with Crippen molar-refractivity contribution in [1.82, 2.24) is 4.90 Å².